The molecule has 0 bridgehead atoms. The molecule has 0 spiro atoms. The van der Waals surface area contributed by atoms with Crippen LogP contribution >= 0.6 is 0 Å². The van der Waals surface area contributed by atoms with E-state index < -0.39 is 4.92 Å². The predicted octanol–water partition coefficient (Wildman–Crippen LogP) is 3.39. The first-order valence-electron chi connectivity index (χ1n) is 5.89. The third-order valence-corrected chi connectivity index (χ3v) is 2.89. The van der Waals surface area contributed by atoms with Gasteiger partial charge in [0.25, 0.3) is 5.69 Å². The molecule has 0 fully saturated rings. The van der Waals surface area contributed by atoms with Crippen molar-refractivity contribution < 1.29 is 9.72 Å². The molecule has 0 heterocycles. The molecular weight excluding hydrogens is 242 g/mol. The van der Waals surface area contributed by atoms with Crippen molar-refractivity contribution in [2.24, 2.45) is 0 Å². The number of carbonyl (C=O) groups excluding carboxylic acids is 1. The average Bonchev–Trinajstić information content (AvgIpc) is 2.39. The van der Waals surface area contributed by atoms with Crippen molar-refractivity contribution in [1.82, 2.24) is 0 Å². The van der Waals surface area contributed by atoms with Gasteiger partial charge in [-0.2, -0.15) is 0 Å². The molecule has 0 aromatic heterocycles. The lowest BCUT2D eigenvalue weighted by Gasteiger charge is -2.03. The van der Waals surface area contributed by atoms with E-state index in [0.717, 1.165) is 11.1 Å². The number of non-ortho nitro benzene ring substituents is 1. The van der Waals surface area contributed by atoms with Gasteiger partial charge in [-0.25, -0.2) is 0 Å². The first-order valence-corrected chi connectivity index (χ1v) is 5.89. The van der Waals surface area contributed by atoms with Crippen LogP contribution < -0.4 is 0 Å². The van der Waals surface area contributed by atoms with E-state index >= 15 is 0 Å². The van der Waals surface area contributed by atoms with E-state index in [1.54, 1.807) is 18.2 Å². The van der Waals surface area contributed by atoms with E-state index in [1.807, 2.05) is 18.2 Å². The predicted molar refractivity (Wildman–Crippen MR) is 72.3 cm³/mol. The Morgan fingerprint density at radius 3 is 2.37 bits per heavy atom. The number of nitrogens with zero attached hydrogens (tertiary/aromatic N) is 1. The second-order valence-electron chi connectivity index (χ2n) is 4.36. The second kappa shape index (κ2) is 5.44. The van der Waals surface area contributed by atoms with Gasteiger partial charge < -0.3 is 0 Å². The Morgan fingerprint density at radius 1 is 1.11 bits per heavy atom. The zero-order chi connectivity index (χ0) is 13.8. The normalized spacial score (nSPS) is 10.2. The molecule has 0 unspecified atom stereocenters. The van der Waals surface area contributed by atoms with Gasteiger partial charge >= 0.3 is 0 Å². The molecule has 96 valence electrons. The van der Waals surface area contributed by atoms with Crippen molar-refractivity contribution in [3.05, 3.63) is 75.3 Å². The van der Waals surface area contributed by atoms with Crippen LogP contribution in [-0.4, -0.2) is 10.7 Å². The standard InChI is InChI=1S/C15H13NO3/c1-11(17)14-4-2-3-13(10-14)9-12-5-7-15(8-6-12)16(18)19/h2-8,10H,9H2,1H3. The Balaban J connectivity index is 2.19. The van der Waals surface area contributed by atoms with Crippen LogP contribution in [0.2, 0.25) is 0 Å². The molecule has 2 rings (SSSR count). The summed E-state index contributed by atoms with van der Waals surface area (Å²) >= 11 is 0. The summed E-state index contributed by atoms with van der Waals surface area (Å²) in [7, 11) is 0. The minimum atomic E-state index is -0.417. The second-order valence-corrected chi connectivity index (χ2v) is 4.36. The summed E-state index contributed by atoms with van der Waals surface area (Å²) in [6.45, 7) is 1.53. The Bertz CT molecular complexity index is 618. The summed E-state index contributed by atoms with van der Waals surface area (Å²) in [5, 5.41) is 10.6. The molecule has 0 atom stereocenters. The summed E-state index contributed by atoms with van der Waals surface area (Å²) in [5.41, 5.74) is 2.76. The summed E-state index contributed by atoms with van der Waals surface area (Å²) in [6.07, 6.45) is 0.652. The number of ketones is 1. The van der Waals surface area contributed by atoms with Gasteiger partial charge in [0.1, 0.15) is 0 Å². The maximum absolute atomic E-state index is 11.3. The number of nitro benzene ring substituents is 1. The molecule has 19 heavy (non-hydrogen) atoms. The fraction of sp³-hybridized carbons (Fsp3) is 0.133. The Labute approximate surface area is 110 Å². The quantitative estimate of drug-likeness (QED) is 0.478. The molecule has 4 nitrogen and oxygen atoms in total. The fourth-order valence-electron chi connectivity index (χ4n) is 1.87. The molecule has 0 saturated carbocycles. The third kappa shape index (κ3) is 3.25. The Morgan fingerprint density at radius 2 is 1.79 bits per heavy atom. The zero-order valence-corrected chi connectivity index (χ0v) is 10.5. The molecule has 0 N–H and O–H groups in total. The van der Waals surface area contributed by atoms with Gasteiger partial charge in [0.2, 0.25) is 0 Å². The minimum absolute atomic E-state index is 0.0329. The monoisotopic (exact) mass is 255 g/mol. The Kier molecular flexibility index (Phi) is 3.71. The van der Waals surface area contributed by atoms with Gasteiger partial charge in [-0.15, -0.1) is 0 Å². The van der Waals surface area contributed by atoms with Crippen LogP contribution in [0, 0.1) is 10.1 Å². The number of rotatable bonds is 4. The number of nitro groups is 1. The molecule has 0 amide bonds. The van der Waals surface area contributed by atoms with E-state index in [2.05, 4.69) is 0 Å². The van der Waals surface area contributed by atoms with Crippen molar-refractivity contribution in [1.29, 1.82) is 0 Å². The summed E-state index contributed by atoms with van der Waals surface area (Å²) in [6, 6.07) is 13.9. The van der Waals surface area contributed by atoms with E-state index in [1.165, 1.54) is 19.1 Å². The Hall–Kier alpha value is -2.49. The average molecular weight is 255 g/mol. The lowest BCUT2D eigenvalue weighted by atomic mass is 10.0. The van der Waals surface area contributed by atoms with E-state index in [9.17, 15) is 14.9 Å². The topological polar surface area (TPSA) is 60.2 Å². The van der Waals surface area contributed by atoms with Gasteiger partial charge in [0.05, 0.1) is 4.92 Å². The highest BCUT2D eigenvalue weighted by atomic mass is 16.6. The van der Waals surface area contributed by atoms with Gasteiger partial charge in [-0.1, -0.05) is 30.3 Å². The summed E-state index contributed by atoms with van der Waals surface area (Å²) in [4.78, 5) is 21.4. The van der Waals surface area contributed by atoms with Crippen LogP contribution in [0.3, 0.4) is 0 Å². The lowest BCUT2D eigenvalue weighted by Crippen LogP contribution is -1.95. The van der Waals surface area contributed by atoms with Crippen LogP contribution in [0.25, 0.3) is 0 Å². The molecule has 0 saturated heterocycles. The highest BCUT2D eigenvalue weighted by molar-refractivity contribution is 5.94. The molecule has 4 heteroatoms. The van der Waals surface area contributed by atoms with E-state index in [0.29, 0.717) is 12.0 Å². The number of hydrogen-bond acceptors (Lipinski definition) is 3. The molecular formula is C15H13NO3. The number of Topliss-reactive ketones (excluding diaryl/α,β-unsaturated/α-hetero) is 1. The van der Waals surface area contributed by atoms with Gasteiger partial charge in [0.15, 0.2) is 5.78 Å². The van der Waals surface area contributed by atoms with Gasteiger partial charge in [0, 0.05) is 17.7 Å². The molecule has 0 radical (unpaired) electrons. The maximum atomic E-state index is 11.3. The van der Waals surface area contributed by atoms with Gasteiger partial charge in [-0.05, 0) is 30.5 Å². The number of hydrogen-bond donors (Lipinski definition) is 0. The maximum Gasteiger partial charge on any atom is 0.269 e. The van der Waals surface area contributed by atoms with Crippen LogP contribution in [0.15, 0.2) is 48.5 Å². The fourth-order valence-corrected chi connectivity index (χ4v) is 1.87. The lowest BCUT2D eigenvalue weighted by molar-refractivity contribution is -0.384. The smallest absolute Gasteiger partial charge is 0.269 e. The highest BCUT2D eigenvalue weighted by Gasteiger charge is 2.05. The van der Waals surface area contributed by atoms with E-state index in [4.69, 9.17) is 0 Å². The van der Waals surface area contributed by atoms with Crippen LogP contribution in [0.4, 0.5) is 5.69 Å². The van der Waals surface area contributed by atoms with Crippen LogP contribution in [-0.2, 0) is 6.42 Å². The molecule has 2 aromatic rings. The van der Waals surface area contributed by atoms with Crippen molar-refractivity contribution >= 4 is 11.5 Å². The van der Waals surface area contributed by atoms with Crippen molar-refractivity contribution in [2.45, 2.75) is 13.3 Å². The first-order chi connectivity index (χ1) is 9.06. The number of carbonyl (C=O) groups is 1. The summed E-state index contributed by atoms with van der Waals surface area (Å²) < 4.78 is 0. The number of benzene rings is 2. The van der Waals surface area contributed by atoms with Crippen molar-refractivity contribution in [2.75, 3.05) is 0 Å². The van der Waals surface area contributed by atoms with Crippen molar-refractivity contribution in [3.63, 3.8) is 0 Å². The minimum Gasteiger partial charge on any atom is -0.295 e. The molecule has 2 aromatic carbocycles. The molecule has 0 aliphatic rings. The van der Waals surface area contributed by atoms with E-state index in [-0.39, 0.29) is 11.5 Å². The largest absolute Gasteiger partial charge is 0.295 e. The molecule has 0 aliphatic heterocycles. The zero-order valence-electron chi connectivity index (χ0n) is 10.5. The van der Waals surface area contributed by atoms with Crippen molar-refractivity contribution in [3.8, 4) is 0 Å². The van der Waals surface area contributed by atoms with Gasteiger partial charge in [-0.3, -0.25) is 14.9 Å². The summed E-state index contributed by atoms with van der Waals surface area (Å²) in [5.74, 6) is 0.0329. The first kappa shape index (κ1) is 13.0. The van der Waals surface area contributed by atoms with Crippen LogP contribution in [0.1, 0.15) is 28.4 Å². The van der Waals surface area contributed by atoms with Crippen LogP contribution in [0.5, 0.6) is 0 Å². The third-order valence-electron chi connectivity index (χ3n) is 2.89. The SMILES string of the molecule is CC(=O)c1cccc(Cc2ccc([N+](=O)[O-])cc2)c1. The molecule has 0 aliphatic carbocycles. The highest BCUT2D eigenvalue weighted by Crippen LogP contribution is 2.16.